The molecule has 5 nitrogen and oxygen atoms in total. The van der Waals surface area contributed by atoms with Crippen LogP contribution in [0.1, 0.15) is 24.8 Å². The summed E-state index contributed by atoms with van der Waals surface area (Å²) in [6, 6.07) is 13.7. The highest BCUT2D eigenvalue weighted by atomic mass is 16.6. The van der Waals surface area contributed by atoms with Gasteiger partial charge >= 0.3 is 0 Å². The van der Waals surface area contributed by atoms with Gasteiger partial charge in [0.1, 0.15) is 13.2 Å². The molecule has 1 aliphatic heterocycles. The second kappa shape index (κ2) is 7.47. The van der Waals surface area contributed by atoms with Crippen molar-refractivity contribution in [2.45, 2.75) is 19.3 Å². The fourth-order valence-electron chi connectivity index (χ4n) is 2.82. The number of hydrogen-bond acceptors (Lipinski definition) is 4. The van der Waals surface area contributed by atoms with Gasteiger partial charge < -0.3 is 19.7 Å². The quantitative estimate of drug-likeness (QED) is 0.902. The normalized spacial score (nSPS) is 13.9. The van der Waals surface area contributed by atoms with Gasteiger partial charge in [0.05, 0.1) is 0 Å². The molecule has 0 aromatic heterocycles. The van der Waals surface area contributed by atoms with Crippen molar-refractivity contribution < 1.29 is 14.3 Å². The molecule has 0 aliphatic carbocycles. The summed E-state index contributed by atoms with van der Waals surface area (Å²) in [5.74, 6) is 1.62. The SMILES string of the molecule is CC(CC(=O)Nc1ccc(N(C)C)cc1)c1ccc2c(c1)OCCO2. The van der Waals surface area contributed by atoms with Gasteiger partial charge in [-0.15, -0.1) is 0 Å². The lowest BCUT2D eigenvalue weighted by Gasteiger charge is -2.20. The molecule has 2 aromatic carbocycles. The molecule has 0 radical (unpaired) electrons. The van der Waals surface area contributed by atoms with E-state index < -0.39 is 0 Å². The molecule has 25 heavy (non-hydrogen) atoms. The minimum absolute atomic E-state index is 0.00000730. The number of carbonyl (C=O) groups excluding carboxylic acids is 1. The Labute approximate surface area is 148 Å². The predicted molar refractivity (Wildman–Crippen MR) is 99.9 cm³/mol. The first-order valence-corrected chi connectivity index (χ1v) is 8.49. The van der Waals surface area contributed by atoms with Gasteiger partial charge in [0.25, 0.3) is 0 Å². The molecule has 2 aromatic rings. The molecular weight excluding hydrogens is 316 g/mol. The lowest BCUT2D eigenvalue weighted by atomic mass is 9.97. The molecule has 1 amide bonds. The van der Waals surface area contributed by atoms with Crippen molar-refractivity contribution in [3.05, 3.63) is 48.0 Å². The Morgan fingerprint density at radius 3 is 2.44 bits per heavy atom. The number of ether oxygens (including phenoxy) is 2. The van der Waals surface area contributed by atoms with Crippen LogP contribution in [0.3, 0.4) is 0 Å². The number of rotatable bonds is 5. The molecule has 0 saturated heterocycles. The number of fused-ring (bicyclic) bond motifs is 1. The van der Waals surface area contributed by atoms with Crippen LogP contribution in [-0.2, 0) is 4.79 Å². The molecule has 1 atom stereocenters. The second-order valence-corrected chi connectivity index (χ2v) is 6.50. The summed E-state index contributed by atoms with van der Waals surface area (Å²) in [6.07, 6.45) is 0.412. The van der Waals surface area contributed by atoms with Gasteiger partial charge in [0.15, 0.2) is 11.5 Å². The first kappa shape index (κ1) is 17.1. The van der Waals surface area contributed by atoms with Gasteiger partial charge in [0, 0.05) is 31.9 Å². The first-order valence-electron chi connectivity index (χ1n) is 8.49. The van der Waals surface area contributed by atoms with E-state index in [-0.39, 0.29) is 11.8 Å². The molecule has 0 bridgehead atoms. The van der Waals surface area contributed by atoms with E-state index >= 15 is 0 Å². The summed E-state index contributed by atoms with van der Waals surface area (Å²) in [7, 11) is 3.98. The molecule has 132 valence electrons. The van der Waals surface area contributed by atoms with Crippen LogP contribution in [0.15, 0.2) is 42.5 Å². The molecule has 3 rings (SSSR count). The van der Waals surface area contributed by atoms with E-state index in [4.69, 9.17) is 9.47 Å². The molecule has 0 fully saturated rings. The Morgan fingerprint density at radius 1 is 1.08 bits per heavy atom. The van der Waals surface area contributed by atoms with Crippen LogP contribution in [0.5, 0.6) is 11.5 Å². The highest BCUT2D eigenvalue weighted by molar-refractivity contribution is 5.91. The zero-order chi connectivity index (χ0) is 17.8. The summed E-state index contributed by atoms with van der Waals surface area (Å²) in [5, 5.41) is 2.96. The van der Waals surface area contributed by atoms with Crippen LogP contribution in [0.2, 0.25) is 0 Å². The van der Waals surface area contributed by atoms with Gasteiger partial charge in [-0.1, -0.05) is 13.0 Å². The molecule has 1 unspecified atom stereocenters. The summed E-state index contributed by atoms with van der Waals surface area (Å²) in [4.78, 5) is 14.3. The standard InChI is InChI=1S/C20H24N2O3/c1-14(15-4-9-18-19(13-15)25-11-10-24-18)12-20(23)21-16-5-7-17(8-6-16)22(2)3/h4-9,13-14H,10-12H2,1-3H3,(H,21,23). The zero-order valence-corrected chi connectivity index (χ0v) is 14.9. The minimum atomic E-state index is -0.00000730. The largest absolute Gasteiger partial charge is 0.486 e. The van der Waals surface area contributed by atoms with Crippen LogP contribution in [0.25, 0.3) is 0 Å². The summed E-state index contributed by atoms with van der Waals surface area (Å²) in [6.45, 7) is 3.19. The minimum Gasteiger partial charge on any atom is -0.486 e. The Bertz CT molecular complexity index is 741. The van der Waals surface area contributed by atoms with Crippen LogP contribution < -0.4 is 19.7 Å². The van der Waals surface area contributed by atoms with Gasteiger partial charge in [-0.05, 0) is 47.9 Å². The van der Waals surface area contributed by atoms with Crippen molar-refractivity contribution in [1.82, 2.24) is 0 Å². The van der Waals surface area contributed by atoms with E-state index in [1.807, 2.05) is 68.4 Å². The van der Waals surface area contributed by atoms with E-state index in [2.05, 4.69) is 5.32 Å². The lowest BCUT2D eigenvalue weighted by molar-refractivity contribution is -0.116. The Balaban J connectivity index is 1.60. The number of amides is 1. The summed E-state index contributed by atoms with van der Waals surface area (Å²) < 4.78 is 11.2. The van der Waals surface area contributed by atoms with Crippen molar-refractivity contribution >= 4 is 17.3 Å². The van der Waals surface area contributed by atoms with Crippen molar-refractivity contribution in [1.29, 1.82) is 0 Å². The van der Waals surface area contributed by atoms with Crippen LogP contribution >= 0.6 is 0 Å². The molecular formula is C20H24N2O3. The van der Waals surface area contributed by atoms with Gasteiger partial charge in [-0.3, -0.25) is 4.79 Å². The molecule has 1 heterocycles. The first-order chi connectivity index (χ1) is 12.0. The number of nitrogens with zero attached hydrogens (tertiary/aromatic N) is 1. The molecule has 0 saturated carbocycles. The van der Waals surface area contributed by atoms with Crippen molar-refractivity contribution in [2.24, 2.45) is 0 Å². The number of nitrogens with one attached hydrogen (secondary N) is 1. The lowest BCUT2D eigenvalue weighted by Crippen LogP contribution is -2.17. The monoisotopic (exact) mass is 340 g/mol. The number of benzene rings is 2. The van der Waals surface area contributed by atoms with E-state index in [1.54, 1.807) is 0 Å². The smallest absolute Gasteiger partial charge is 0.224 e. The third kappa shape index (κ3) is 4.24. The highest BCUT2D eigenvalue weighted by Gasteiger charge is 2.16. The fraction of sp³-hybridized carbons (Fsp3) is 0.350. The third-order valence-electron chi connectivity index (χ3n) is 4.29. The van der Waals surface area contributed by atoms with Gasteiger partial charge in [-0.2, -0.15) is 0 Å². The maximum atomic E-state index is 12.3. The average Bonchev–Trinajstić information content (AvgIpc) is 2.61. The van der Waals surface area contributed by atoms with Crippen LogP contribution in [0, 0.1) is 0 Å². The van der Waals surface area contributed by atoms with E-state index in [0.717, 1.165) is 28.4 Å². The van der Waals surface area contributed by atoms with Crippen LogP contribution in [0.4, 0.5) is 11.4 Å². The van der Waals surface area contributed by atoms with E-state index in [1.165, 1.54) is 0 Å². The molecule has 1 aliphatic rings. The maximum Gasteiger partial charge on any atom is 0.224 e. The zero-order valence-electron chi connectivity index (χ0n) is 14.9. The maximum absolute atomic E-state index is 12.3. The number of carbonyl (C=O) groups is 1. The Kier molecular flexibility index (Phi) is 5.12. The van der Waals surface area contributed by atoms with Crippen LogP contribution in [-0.4, -0.2) is 33.2 Å². The molecule has 5 heteroatoms. The second-order valence-electron chi connectivity index (χ2n) is 6.50. The van der Waals surface area contributed by atoms with Crippen molar-refractivity contribution in [3.63, 3.8) is 0 Å². The summed E-state index contributed by atoms with van der Waals surface area (Å²) >= 11 is 0. The Morgan fingerprint density at radius 2 is 1.76 bits per heavy atom. The Hall–Kier alpha value is -2.69. The van der Waals surface area contributed by atoms with Crippen molar-refractivity contribution in [3.8, 4) is 11.5 Å². The average molecular weight is 340 g/mol. The fourth-order valence-corrected chi connectivity index (χ4v) is 2.82. The highest BCUT2D eigenvalue weighted by Crippen LogP contribution is 2.34. The number of hydrogen-bond donors (Lipinski definition) is 1. The topological polar surface area (TPSA) is 50.8 Å². The van der Waals surface area contributed by atoms with E-state index in [0.29, 0.717) is 19.6 Å². The third-order valence-corrected chi connectivity index (χ3v) is 4.29. The molecule has 1 N–H and O–H groups in total. The van der Waals surface area contributed by atoms with Gasteiger partial charge in [-0.25, -0.2) is 0 Å². The predicted octanol–water partition coefficient (Wildman–Crippen LogP) is 3.66. The molecule has 0 spiro atoms. The summed E-state index contributed by atoms with van der Waals surface area (Å²) in [5.41, 5.74) is 2.98. The van der Waals surface area contributed by atoms with Gasteiger partial charge in [0.2, 0.25) is 5.91 Å². The van der Waals surface area contributed by atoms with E-state index in [9.17, 15) is 4.79 Å². The number of anilines is 2. The van der Waals surface area contributed by atoms with Crippen molar-refractivity contribution in [2.75, 3.05) is 37.5 Å².